The van der Waals surface area contributed by atoms with Crippen LogP contribution < -0.4 is 14.8 Å². The molecule has 0 unspecified atom stereocenters. The molecule has 0 saturated carbocycles. The quantitative estimate of drug-likeness (QED) is 0.762. The van der Waals surface area contributed by atoms with Gasteiger partial charge >= 0.3 is 5.97 Å². The number of ether oxygens (including phenoxy) is 3. The van der Waals surface area contributed by atoms with Gasteiger partial charge in [-0.2, -0.15) is 0 Å². The molecule has 1 amide bonds. The van der Waals surface area contributed by atoms with Crippen LogP contribution in [0.2, 0.25) is 0 Å². The van der Waals surface area contributed by atoms with Crippen LogP contribution in [-0.4, -0.2) is 32.7 Å². The predicted molar refractivity (Wildman–Crippen MR) is 92.6 cm³/mol. The van der Waals surface area contributed by atoms with Crippen molar-refractivity contribution in [1.29, 1.82) is 0 Å². The first-order chi connectivity index (χ1) is 11.5. The van der Waals surface area contributed by atoms with Crippen LogP contribution in [0.3, 0.4) is 0 Å². The molecule has 0 fully saturated rings. The van der Waals surface area contributed by atoms with Crippen LogP contribution in [-0.2, 0) is 9.53 Å². The highest BCUT2D eigenvalue weighted by atomic mass is 79.9. The van der Waals surface area contributed by atoms with Gasteiger partial charge in [0.2, 0.25) is 0 Å². The molecule has 0 bridgehead atoms. The summed E-state index contributed by atoms with van der Waals surface area (Å²) in [5, 5.41) is 2.63. The highest BCUT2D eigenvalue weighted by Crippen LogP contribution is 2.26. The van der Waals surface area contributed by atoms with E-state index in [0.29, 0.717) is 27.2 Å². The van der Waals surface area contributed by atoms with Gasteiger partial charge in [0.05, 0.1) is 29.9 Å². The van der Waals surface area contributed by atoms with E-state index in [0.717, 1.165) is 0 Å². The average Bonchev–Trinajstić information content (AvgIpc) is 2.60. The summed E-state index contributed by atoms with van der Waals surface area (Å²) in [4.78, 5) is 23.9. The Balaban J connectivity index is 1.94. The van der Waals surface area contributed by atoms with Gasteiger partial charge in [0, 0.05) is 0 Å². The Morgan fingerprint density at radius 3 is 2.42 bits per heavy atom. The molecule has 0 aliphatic carbocycles. The van der Waals surface area contributed by atoms with Crippen LogP contribution in [0.1, 0.15) is 10.4 Å². The van der Waals surface area contributed by atoms with Crippen LogP contribution in [0.5, 0.6) is 11.5 Å². The maximum Gasteiger partial charge on any atom is 0.338 e. The van der Waals surface area contributed by atoms with E-state index in [2.05, 4.69) is 21.2 Å². The van der Waals surface area contributed by atoms with Gasteiger partial charge in [-0.1, -0.05) is 12.1 Å². The van der Waals surface area contributed by atoms with Crippen molar-refractivity contribution in [3.63, 3.8) is 0 Å². The summed E-state index contributed by atoms with van der Waals surface area (Å²) >= 11 is 3.29. The first-order valence-electron chi connectivity index (χ1n) is 6.98. The largest absolute Gasteiger partial charge is 0.496 e. The number of carbonyl (C=O) groups excluding carboxylic acids is 2. The number of halogens is 1. The van der Waals surface area contributed by atoms with Crippen LogP contribution in [0.15, 0.2) is 46.9 Å². The van der Waals surface area contributed by atoms with Gasteiger partial charge in [-0.25, -0.2) is 4.79 Å². The summed E-state index contributed by atoms with van der Waals surface area (Å²) in [6.07, 6.45) is 0. The number of benzene rings is 2. The first-order valence-corrected chi connectivity index (χ1v) is 7.78. The van der Waals surface area contributed by atoms with Crippen molar-refractivity contribution in [1.82, 2.24) is 0 Å². The average molecular weight is 394 g/mol. The van der Waals surface area contributed by atoms with Gasteiger partial charge in [-0.05, 0) is 46.3 Å². The standard InChI is InChI=1S/C17H16BrNO5/c1-22-14-8-7-11(9-12(14)18)17(21)24-10-16(20)19-13-5-3-4-6-15(13)23-2/h3-9H,10H2,1-2H3,(H,19,20). The minimum absolute atomic E-state index is 0.313. The summed E-state index contributed by atoms with van der Waals surface area (Å²) in [6, 6.07) is 11.7. The van der Waals surface area contributed by atoms with E-state index in [9.17, 15) is 9.59 Å². The van der Waals surface area contributed by atoms with Crippen LogP contribution >= 0.6 is 15.9 Å². The molecule has 0 aliphatic rings. The number of nitrogens with one attached hydrogen (secondary N) is 1. The molecule has 2 aromatic rings. The zero-order chi connectivity index (χ0) is 17.5. The van der Waals surface area contributed by atoms with Crippen molar-refractivity contribution < 1.29 is 23.8 Å². The third-order valence-electron chi connectivity index (χ3n) is 3.10. The van der Waals surface area contributed by atoms with Crippen molar-refractivity contribution in [3.8, 4) is 11.5 Å². The number of anilines is 1. The Bertz CT molecular complexity index is 748. The lowest BCUT2D eigenvalue weighted by atomic mass is 10.2. The van der Waals surface area contributed by atoms with E-state index in [-0.39, 0.29) is 0 Å². The maximum atomic E-state index is 12.0. The molecule has 0 saturated heterocycles. The minimum Gasteiger partial charge on any atom is -0.496 e. The topological polar surface area (TPSA) is 73.9 Å². The summed E-state index contributed by atoms with van der Waals surface area (Å²) < 4.78 is 15.9. The van der Waals surface area contributed by atoms with E-state index >= 15 is 0 Å². The fourth-order valence-electron chi connectivity index (χ4n) is 1.94. The Hall–Kier alpha value is -2.54. The van der Waals surface area contributed by atoms with Crippen LogP contribution in [0.25, 0.3) is 0 Å². The number of esters is 1. The van der Waals surface area contributed by atoms with Crippen LogP contribution in [0, 0.1) is 0 Å². The predicted octanol–water partition coefficient (Wildman–Crippen LogP) is 3.26. The smallest absolute Gasteiger partial charge is 0.338 e. The number of rotatable bonds is 6. The second-order valence-corrected chi connectivity index (χ2v) is 5.53. The summed E-state index contributed by atoms with van der Waals surface area (Å²) in [5.74, 6) is 0.0608. The number of carbonyl (C=O) groups is 2. The Labute approximate surface area is 147 Å². The van der Waals surface area contributed by atoms with Gasteiger partial charge in [-0.15, -0.1) is 0 Å². The van der Waals surface area contributed by atoms with E-state index < -0.39 is 18.5 Å². The molecule has 0 radical (unpaired) electrons. The zero-order valence-corrected chi connectivity index (χ0v) is 14.8. The molecule has 1 N–H and O–H groups in total. The second kappa shape index (κ2) is 8.35. The molecular weight excluding hydrogens is 378 g/mol. The first kappa shape index (κ1) is 17.8. The van der Waals surface area contributed by atoms with Gasteiger partial charge in [0.25, 0.3) is 5.91 Å². The zero-order valence-electron chi connectivity index (χ0n) is 13.2. The lowest BCUT2D eigenvalue weighted by Crippen LogP contribution is -2.21. The van der Waals surface area contributed by atoms with Crippen molar-refractivity contribution in [2.75, 3.05) is 26.1 Å². The van der Waals surface area contributed by atoms with E-state index in [1.807, 2.05) is 0 Å². The van der Waals surface area contributed by atoms with Crippen molar-refractivity contribution in [2.24, 2.45) is 0 Å². The van der Waals surface area contributed by atoms with Gasteiger partial charge in [0.1, 0.15) is 11.5 Å². The Morgan fingerprint density at radius 1 is 1.04 bits per heavy atom. The number of methoxy groups -OCH3 is 2. The third kappa shape index (κ3) is 4.48. The highest BCUT2D eigenvalue weighted by Gasteiger charge is 2.13. The SMILES string of the molecule is COc1ccc(C(=O)OCC(=O)Nc2ccccc2OC)cc1Br. The maximum absolute atomic E-state index is 12.0. The summed E-state index contributed by atoms with van der Waals surface area (Å²) in [5.41, 5.74) is 0.820. The van der Waals surface area contributed by atoms with E-state index in [4.69, 9.17) is 14.2 Å². The lowest BCUT2D eigenvalue weighted by Gasteiger charge is -2.10. The van der Waals surface area contributed by atoms with Gasteiger partial charge in [-0.3, -0.25) is 4.79 Å². The second-order valence-electron chi connectivity index (χ2n) is 4.67. The van der Waals surface area contributed by atoms with Gasteiger partial charge < -0.3 is 19.5 Å². The molecule has 6 nitrogen and oxygen atoms in total. The van der Waals surface area contributed by atoms with E-state index in [1.54, 1.807) is 42.5 Å². The number of amides is 1. The summed E-state index contributed by atoms with van der Waals surface area (Å²) in [6.45, 7) is -0.402. The van der Waals surface area contributed by atoms with Gasteiger partial charge in [0.15, 0.2) is 6.61 Å². The molecule has 0 heterocycles. The molecule has 7 heteroatoms. The minimum atomic E-state index is -0.603. The molecule has 2 aromatic carbocycles. The van der Waals surface area contributed by atoms with Crippen molar-refractivity contribution in [2.45, 2.75) is 0 Å². The Kier molecular flexibility index (Phi) is 6.20. The Morgan fingerprint density at radius 2 is 1.75 bits per heavy atom. The lowest BCUT2D eigenvalue weighted by molar-refractivity contribution is -0.119. The van der Waals surface area contributed by atoms with Crippen molar-refractivity contribution >= 4 is 33.5 Å². The molecule has 126 valence electrons. The molecule has 0 spiro atoms. The molecule has 0 aliphatic heterocycles. The van der Waals surface area contributed by atoms with E-state index in [1.165, 1.54) is 14.2 Å². The molecule has 0 aromatic heterocycles. The fraction of sp³-hybridized carbons (Fsp3) is 0.176. The molecule has 24 heavy (non-hydrogen) atoms. The monoisotopic (exact) mass is 393 g/mol. The normalized spacial score (nSPS) is 9.96. The molecular formula is C17H16BrNO5. The fourth-order valence-corrected chi connectivity index (χ4v) is 2.48. The summed E-state index contributed by atoms with van der Waals surface area (Å²) in [7, 11) is 3.03. The highest BCUT2D eigenvalue weighted by molar-refractivity contribution is 9.10. The number of hydrogen-bond acceptors (Lipinski definition) is 5. The molecule has 0 atom stereocenters. The molecule has 2 rings (SSSR count). The van der Waals surface area contributed by atoms with Crippen molar-refractivity contribution in [3.05, 3.63) is 52.5 Å². The van der Waals surface area contributed by atoms with Crippen LogP contribution in [0.4, 0.5) is 5.69 Å². The number of hydrogen-bond donors (Lipinski definition) is 1. The number of para-hydroxylation sites is 2. The third-order valence-corrected chi connectivity index (χ3v) is 3.72.